The summed E-state index contributed by atoms with van der Waals surface area (Å²) in [6.07, 6.45) is 0.543. The quantitative estimate of drug-likeness (QED) is 0.762. The van der Waals surface area contributed by atoms with E-state index in [9.17, 15) is 8.42 Å². The van der Waals surface area contributed by atoms with Gasteiger partial charge in [-0.3, -0.25) is 0 Å². The van der Waals surface area contributed by atoms with E-state index in [0.717, 1.165) is 11.5 Å². The topological polar surface area (TPSA) is 94.3 Å². The van der Waals surface area contributed by atoms with Crippen molar-refractivity contribution in [3.8, 4) is 0 Å². The van der Waals surface area contributed by atoms with Crippen molar-refractivity contribution in [3.63, 3.8) is 0 Å². The average molecular weight is 321 g/mol. The van der Waals surface area contributed by atoms with Gasteiger partial charge in [0.15, 0.2) is 15.7 Å². The monoisotopic (exact) mass is 321 g/mol. The first kappa shape index (κ1) is 17.2. The number of sulfone groups is 1. The van der Waals surface area contributed by atoms with E-state index in [1.165, 1.54) is 0 Å². The first-order valence-corrected chi connectivity index (χ1v) is 9.01. The lowest BCUT2D eigenvalue weighted by Gasteiger charge is -2.25. The van der Waals surface area contributed by atoms with E-state index in [1.807, 2.05) is 27.7 Å². The molecule has 1 rings (SSSR count). The van der Waals surface area contributed by atoms with Gasteiger partial charge in [-0.15, -0.1) is 0 Å². The molecule has 1 heterocycles. The van der Waals surface area contributed by atoms with Crippen molar-refractivity contribution in [2.75, 3.05) is 30.0 Å². The van der Waals surface area contributed by atoms with Gasteiger partial charge >= 0.3 is 0 Å². The molecule has 1 aromatic rings. The second-order valence-electron chi connectivity index (χ2n) is 5.09. The molecule has 0 bridgehead atoms. The average Bonchev–Trinajstić information content (AvgIpc) is 2.68. The standard InChI is InChI=1S/C12H23N3O3S2/c1-5-7-20(16,17)9-10(13)15-19-11(9)14-8-12(3,4)18-6-2/h14H,5-8H2,1-4H3,(H2,13,15). The number of nitrogen functional groups attached to an aromatic ring is 1. The molecule has 3 N–H and O–H groups in total. The van der Waals surface area contributed by atoms with Crippen LogP contribution < -0.4 is 11.1 Å². The number of nitrogens with one attached hydrogen (secondary N) is 1. The fourth-order valence-electron chi connectivity index (χ4n) is 1.81. The Morgan fingerprint density at radius 1 is 1.40 bits per heavy atom. The Morgan fingerprint density at radius 3 is 2.60 bits per heavy atom. The van der Waals surface area contributed by atoms with Crippen molar-refractivity contribution in [2.45, 2.75) is 44.6 Å². The highest BCUT2D eigenvalue weighted by atomic mass is 32.2. The summed E-state index contributed by atoms with van der Waals surface area (Å²) in [5, 5.41) is 3.59. The summed E-state index contributed by atoms with van der Waals surface area (Å²) >= 11 is 1.07. The zero-order valence-electron chi connectivity index (χ0n) is 12.4. The van der Waals surface area contributed by atoms with Crippen molar-refractivity contribution in [1.29, 1.82) is 0 Å². The van der Waals surface area contributed by atoms with Crippen LogP contribution in [-0.2, 0) is 14.6 Å². The van der Waals surface area contributed by atoms with Crippen molar-refractivity contribution in [1.82, 2.24) is 4.37 Å². The SMILES string of the molecule is CCCS(=O)(=O)c1c(N)nsc1NCC(C)(C)OCC. The molecule has 0 fully saturated rings. The summed E-state index contributed by atoms with van der Waals surface area (Å²) < 4.78 is 33.9. The fraction of sp³-hybridized carbons (Fsp3) is 0.750. The highest BCUT2D eigenvalue weighted by Crippen LogP contribution is 2.33. The lowest BCUT2D eigenvalue weighted by Crippen LogP contribution is -2.33. The lowest BCUT2D eigenvalue weighted by molar-refractivity contribution is 0.000712. The number of nitrogens with zero attached hydrogens (tertiary/aromatic N) is 1. The number of hydrogen-bond acceptors (Lipinski definition) is 7. The van der Waals surface area contributed by atoms with Crippen molar-refractivity contribution < 1.29 is 13.2 Å². The molecule has 0 aromatic carbocycles. The number of aromatic nitrogens is 1. The van der Waals surface area contributed by atoms with Crippen molar-refractivity contribution in [2.24, 2.45) is 0 Å². The second kappa shape index (κ2) is 6.73. The molecule has 8 heteroatoms. The van der Waals surface area contributed by atoms with Gasteiger partial charge in [0, 0.05) is 13.2 Å². The van der Waals surface area contributed by atoms with Crippen LogP contribution in [0.5, 0.6) is 0 Å². The summed E-state index contributed by atoms with van der Waals surface area (Å²) in [6, 6.07) is 0. The van der Waals surface area contributed by atoms with Crippen LogP contribution >= 0.6 is 11.5 Å². The zero-order chi connectivity index (χ0) is 15.4. The number of nitrogens with two attached hydrogens (primary N) is 1. The van der Waals surface area contributed by atoms with Crippen molar-refractivity contribution >= 4 is 32.2 Å². The molecule has 0 spiro atoms. The van der Waals surface area contributed by atoms with E-state index >= 15 is 0 Å². The molecule has 0 aliphatic carbocycles. The van der Waals surface area contributed by atoms with Crippen LogP contribution in [0.3, 0.4) is 0 Å². The van der Waals surface area contributed by atoms with Gasteiger partial charge in [-0.25, -0.2) is 8.42 Å². The first-order valence-electron chi connectivity index (χ1n) is 6.59. The van der Waals surface area contributed by atoms with Crippen LogP contribution in [0.2, 0.25) is 0 Å². The molecule has 116 valence electrons. The minimum atomic E-state index is -3.39. The van der Waals surface area contributed by atoms with E-state index in [4.69, 9.17) is 10.5 Å². The first-order chi connectivity index (χ1) is 9.23. The van der Waals surface area contributed by atoms with Gasteiger partial charge in [-0.1, -0.05) is 6.92 Å². The Labute approximate surface area is 124 Å². The summed E-state index contributed by atoms with van der Waals surface area (Å²) in [5.41, 5.74) is 5.32. The smallest absolute Gasteiger partial charge is 0.185 e. The van der Waals surface area contributed by atoms with E-state index < -0.39 is 9.84 Å². The number of anilines is 2. The van der Waals surface area contributed by atoms with Crippen LogP contribution in [-0.4, -0.2) is 37.3 Å². The Bertz CT molecular complexity index is 538. The third kappa shape index (κ3) is 4.32. The maximum absolute atomic E-state index is 12.2. The van der Waals surface area contributed by atoms with E-state index in [2.05, 4.69) is 9.69 Å². The number of rotatable bonds is 8. The van der Waals surface area contributed by atoms with Gasteiger partial charge in [-0.2, -0.15) is 4.37 Å². The highest BCUT2D eigenvalue weighted by molar-refractivity contribution is 7.91. The Hall–Kier alpha value is -0.860. The molecular weight excluding hydrogens is 298 g/mol. The molecular formula is C12H23N3O3S2. The van der Waals surface area contributed by atoms with Gasteiger partial charge in [0.1, 0.15) is 9.90 Å². The molecule has 0 atom stereocenters. The summed E-state index contributed by atoms with van der Waals surface area (Å²) in [5.74, 6) is 0.138. The van der Waals surface area contributed by atoms with E-state index in [0.29, 0.717) is 24.6 Å². The Kier molecular flexibility index (Phi) is 5.79. The molecule has 0 saturated heterocycles. The third-order valence-corrected chi connectivity index (χ3v) is 5.60. The highest BCUT2D eigenvalue weighted by Gasteiger charge is 2.26. The van der Waals surface area contributed by atoms with Crippen LogP contribution in [0.1, 0.15) is 34.1 Å². The van der Waals surface area contributed by atoms with Crippen LogP contribution in [0.15, 0.2) is 4.90 Å². The summed E-state index contributed by atoms with van der Waals surface area (Å²) in [4.78, 5) is 0.122. The van der Waals surface area contributed by atoms with Gasteiger partial charge in [0.2, 0.25) is 0 Å². The van der Waals surface area contributed by atoms with Crippen LogP contribution in [0.25, 0.3) is 0 Å². The molecule has 20 heavy (non-hydrogen) atoms. The van der Waals surface area contributed by atoms with Crippen LogP contribution in [0.4, 0.5) is 10.8 Å². The zero-order valence-corrected chi connectivity index (χ0v) is 14.0. The predicted octanol–water partition coefficient (Wildman–Crippen LogP) is 2.14. The summed E-state index contributed by atoms with van der Waals surface area (Å²) in [6.45, 7) is 8.70. The summed E-state index contributed by atoms with van der Waals surface area (Å²) in [7, 11) is -3.39. The molecule has 0 unspecified atom stereocenters. The molecule has 0 radical (unpaired) electrons. The van der Waals surface area contributed by atoms with Gasteiger partial charge in [-0.05, 0) is 38.7 Å². The molecule has 0 amide bonds. The Morgan fingerprint density at radius 2 is 2.05 bits per heavy atom. The predicted molar refractivity (Wildman–Crippen MR) is 83.1 cm³/mol. The minimum Gasteiger partial charge on any atom is -0.382 e. The molecule has 6 nitrogen and oxygen atoms in total. The van der Waals surface area contributed by atoms with E-state index in [-0.39, 0.29) is 22.1 Å². The Balaban J connectivity index is 2.94. The van der Waals surface area contributed by atoms with Gasteiger partial charge in [0.25, 0.3) is 0 Å². The van der Waals surface area contributed by atoms with Gasteiger partial charge in [0.05, 0.1) is 11.4 Å². The lowest BCUT2D eigenvalue weighted by atomic mass is 10.1. The largest absolute Gasteiger partial charge is 0.382 e. The number of ether oxygens (including phenoxy) is 1. The molecule has 1 aromatic heterocycles. The second-order valence-corrected chi connectivity index (χ2v) is 7.91. The normalized spacial score (nSPS) is 12.6. The van der Waals surface area contributed by atoms with Gasteiger partial charge < -0.3 is 15.8 Å². The molecule has 0 aliphatic rings. The molecule has 0 aliphatic heterocycles. The van der Waals surface area contributed by atoms with E-state index in [1.54, 1.807) is 0 Å². The minimum absolute atomic E-state index is 0.0686. The third-order valence-electron chi connectivity index (χ3n) is 2.67. The maximum atomic E-state index is 12.2. The fourth-order valence-corrected chi connectivity index (χ4v) is 4.43. The molecule has 0 saturated carbocycles. The number of hydrogen-bond donors (Lipinski definition) is 2. The van der Waals surface area contributed by atoms with Crippen molar-refractivity contribution in [3.05, 3.63) is 0 Å². The maximum Gasteiger partial charge on any atom is 0.185 e. The van der Waals surface area contributed by atoms with Crippen LogP contribution in [0, 0.1) is 0 Å².